The minimum atomic E-state index is -0.742. The Balaban J connectivity index is 1.78. The van der Waals surface area contributed by atoms with Crippen LogP contribution in [0.1, 0.15) is 52.0 Å². The molecule has 1 heterocycles. The summed E-state index contributed by atoms with van der Waals surface area (Å²) < 4.78 is 0. The van der Waals surface area contributed by atoms with E-state index in [2.05, 4.69) is 51.1 Å². The molecule has 0 bridgehead atoms. The molecule has 3 rings (SSSR count). The third kappa shape index (κ3) is 3.11. The number of amides is 1. The van der Waals surface area contributed by atoms with Gasteiger partial charge in [0, 0.05) is 12.6 Å². The van der Waals surface area contributed by atoms with Gasteiger partial charge in [0.1, 0.15) is 0 Å². The SMILES string of the molecule is CC(C)(C)C1N(C(=O)O)CCC12CCC(Cc1ccccc1)C2. The van der Waals surface area contributed by atoms with Crippen molar-refractivity contribution >= 4 is 6.09 Å². The molecule has 1 amide bonds. The zero-order valence-corrected chi connectivity index (χ0v) is 14.6. The fourth-order valence-electron chi connectivity index (χ4n) is 5.40. The number of hydrogen-bond donors (Lipinski definition) is 1. The van der Waals surface area contributed by atoms with Crippen molar-refractivity contribution in [1.29, 1.82) is 0 Å². The second kappa shape index (κ2) is 5.85. The molecule has 2 fully saturated rings. The van der Waals surface area contributed by atoms with Gasteiger partial charge < -0.3 is 10.0 Å². The van der Waals surface area contributed by atoms with Crippen molar-refractivity contribution in [3.8, 4) is 0 Å². The van der Waals surface area contributed by atoms with Crippen molar-refractivity contribution < 1.29 is 9.90 Å². The van der Waals surface area contributed by atoms with E-state index in [4.69, 9.17) is 0 Å². The van der Waals surface area contributed by atoms with Crippen LogP contribution in [0.3, 0.4) is 0 Å². The van der Waals surface area contributed by atoms with Gasteiger partial charge in [-0.15, -0.1) is 0 Å². The topological polar surface area (TPSA) is 40.5 Å². The van der Waals surface area contributed by atoms with Gasteiger partial charge in [-0.05, 0) is 54.4 Å². The summed E-state index contributed by atoms with van der Waals surface area (Å²) >= 11 is 0. The molecule has 3 unspecified atom stereocenters. The molecule has 1 aliphatic carbocycles. The van der Waals surface area contributed by atoms with E-state index in [-0.39, 0.29) is 16.9 Å². The maximum atomic E-state index is 11.7. The molecule has 1 spiro atoms. The fourth-order valence-corrected chi connectivity index (χ4v) is 5.40. The first kappa shape index (κ1) is 16.4. The number of benzene rings is 1. The summed E-state index contributed by atoms with van der Waals surface area (Å²) in [6.45, 7) is 7.30. The van der Waals surface area contributed by atoms with Gasteiger partial charge in [-0.3, -0.25) is 0 Å². The molecule has 2 aliphatic rings. The molecule has 1 saturated carbocycles. The molecular formula is C20H29NO2. The smallest absolute Gasteiger partial charge is 0.407 e. The van der Waals surface area contributed by atoms with Crippen LogP contribution in [0.5, 0.6) is 0 Å². The van der Waals surface area contributed by atoms with Crippen LogP contribution in [-0.4, -0.2) is 28.7 Å². The molecule has 1 N–H and O–H groups in total. The lowest BCUT2D eigenvalue weighted by molar-refractivity contribution is 0.0531. The Hall–Kier alpha value is -1.51. The van der Waals surface area contributed by atoms with Gasteiger partial charge in [-0.2, -0.15) is 0 Å². The molecule has 23 heavy (non-hydrogen) atoms. The van der Waals surface area contributed by atoms with E-state index in [1.807, 2.05) is 0 Å². The molecular weight excluding hydrogens is 286 g/mol. The molecule has 1 saturated heterocycles. The Morgan fingerprint density at radius 1 is 1.26 bits per heavy atom. The summed E-state index contributed by atoms with van der Waals surface area (Å²) in [7, 11) is 0. The Bertz CT molecular complexity index is 563. The van der Waals surface area contributed by atoms with Gasteiger partial charge in [-0.25, -0.2) is 4.79 Å². The van der Waals surface area contributed by atoms with E-state index in [1.54, 1.807) is 4.90 Å². The van der Waals surface area contributed by atoms with Gasteiger partial charge >= 0.3 is 6.09 Å². The van der Waals surface area contributed by atoms with Crippen LogP contribution in [-0.2, 0) is 6.42 Å². The van der Waals surface area contributed by atoms with E-state index in [0.29, 0.717) is 12.5 Å². The number of hydrogen-bond acceptors (Lipinski definition) is 1. The number of likely N-dealkylation sites (tertiary alicyclic amines) is 1. The first-order valence-corrected chi connectivity index (χ1v) is 8.85. The molecule has 3 atom stereocenters. The molecule has 1 aromatic carbocycles. The first-order chi connectivity index (χ1) is 10.8. The third-order valence-corrected chi connectivity index (χ3v) is 5.92. The predicted octanol–water partition coefficient (Wildman–Crippen LogP) is 4.81. The van der Waals surface area contributed by atoms with Gasteiger partial charge in [0.15, 0.2) is 0 Å². The average molecular weight is 315 g/mol. The molecule has 0 radical (unpaired) electrons. The highest BCUT2D eigenvalue weighted by atomic mass is 16.4. The summed E-state index contributed by atoms with van der Waals surface area (Å²) in [5.41, 5.74) is 1.60. The van der Waals surface area contributed by atoms with Crippen LogP contribution in [0.2, 0.25) is 0 Å². The Kier molecular flexibility index (Phi) is 4.16. The van der Waals surface area contributed by atoms with Crippen molar-refractivity contribution in [1.82, 2.24) is 4.90 Å². The lowest BCUT2D eigenvalue weighted by atomic mass is 9.67. The van der Waals surface area contributed by atoms with Crippen LogP contribution in [0.25, 0.3) is 0 Å². The van der Waals surface area contributed by atoms with Gasteiger partial charge in [-0.1, -0.05) is 51.1 Å². The average Bonchev–Trinajstić information content (AvgIpc) is 3.04. The predicted molar refractivity (Wildman–Crippen MR) is 92.5 cm³/mol. The van der Waals surface area contributed by atoms with Crippen molar-refractivity contribution in [3.05, 3.63) is 35.9 Å². The van der Waals surface area contributed by atoms with Crippen LogP contribution in [0.15, 0.2) is 30.3 Å². The van der Waals surface area contributed by atoms with Crippen molar-refractivity contribution in [3.63, 3.8) is 0 Å². The first-order valence-electron chi connectivity index (χ1n) is 8.85. The van der Waals surface area contributed by atoms with Gasteiger partial charge in [0.25, 0.3) is 0 Å². The minimum Gasteiger partial charge on any atom is -0.465 e. The van der Waals surface area contributed by atoms with Crippen molar-refractivity contribution in [2.24, 2.45) is 16.7 Å². The fraction of sp³-hybridized carbons (Fsp3) is 0.650. The normalized spacial score (nSPS) is 31.0. The van der Waals surface area contributed by atoms with Crippen LogP contribution < -0.4 is 0 Å². The highest BCUT2D eigenvalue weighted by Crippen LogP contribution is 2.56. The van der Waals surface area contributed by atoms with Gasteiger partial charge in [0.05, 0.1) is 0 Å². The van der Waals surface area contributed by atoms with Gasteiger partial charge in [0.2, 0.25) is 0 Å². The standard InChI is InChI=1S/C20H29NO2/c1-19(2,3)17-20(11-12-21(17)18(22)23)10-9-16(14-20)13-15-7-5-4-6-8-15/h4-8,16-17H,9-14H2,1-3H3,(H,22,23). The number of carbonyl (C=O) groups is 1. The molecule has 3 nitrogen and oxygen atoms in total. The second-order valence-electron chi connectivity index (χ2n) is 8.66. The monoisotopic (exact) mass is 315 g/mol. The molecule has 1 aliphatic heterocycles. The lowest BCUT2D eigenvalue weighted by Crippen LogP contribution is -2.49. The molecule has 1 aromatic rings. The maximum Gasteiger partial charge on any atom is 0.407 e. The zero-order chi connectivity index (χ0) is 16.7. The molecule has 3 heteroatoms. The van der Waals surface area contributed by atoms with Crippen molar-refractivity contribution in [2.45, 2.75) is 58.9 Å². The minimum absolute atomic E-state index is 0.00345. The number of rotatable bonds is 2. The van der Waals surface area contributed by atoms with Crippen LogP contribution in [0, 0.1) is 16.7 Å². The summed E-state index contributed by atoms with van der Waals surface area (Å²) in [6, 6.07) is 10.9. The second-order valence-corrected chi connectivity index (χ2v) is 8.66. The van der Waals surface area contributed by atoms with E-state index >= 15 is 0 Å². The quantitative estimate of drug-likeness (QED) is 0.850. The van der Waals surface area contributed by atoms with E-state index in [9.17, 15) is 9.90 Å². The van der Waals surface area contributed by atoms with Crippen molar-refractivity contribution in [2.75, 3.05) is 6.54 Å². The highest BCUT2D eigenvalue weighted by molar-refractivity contribution is 5.66. The summed E-state index contributed by atoms with van der Waals surface area (Å²) in [5, 5.41) is 9.62. The summed E-state index contributed by atoms with van der Waals surface area (Å²) in [4.78, 5) is 13.4. The Morgan fingerprint density at radius 2 is 1.96 bits per heavy atom. The zero-order valence-electron chi connectivity index (χ0n) is 14.6. The number of carboxylic acid groups (broad SMARTS) is 1. The van der Waals surface area contributed by atoms with E-state index in [0.717, 1.165) is 12.8 Å². The molecule has 126 valence electrons. The third-order valence-electron chi connectivity index (χ3n) is 5.92. The lowest BCUT2D eigenvalue weighted by Gasteiger charge is -2.43. The largest absolute Gasteiger partial charge is 0.465 e. The highest BCUT2D eigenvalue weighted by Gasteiger charge is 2.56. The summed E-state index contributed by atoms with van der Waals surface area (Å²) in [6.07, 6.45) is 5.01. The molecule has 0 aromatic heterocycles. The summed E-state index contributed by atoms with van der Waals surface area (Å²) in [5.74, 6) is 0.691. The number of nitrogens with zero attached hydrogens (tertiary/aromatic N) is 1. The van der Waals surface area contributed by atoms with E-state index in [1.165, 1.54) is 24.8 Å². The maximum absolute atomic E-state index is 11.7. The Labute approximate surface area is 139 Å². The van der Waals surface area contributed by atoms with Crippen LogP contribution in [0.4, 0.5) is 4.79 Å². The Morgan fingerprint density at radius 3 is 2.57 bits per heavy atom. The van der Waals surface area contributed by atoms with E-state index < -0.39 is 6.09 Å². The van der Waals surface area contributed by atoms with Crippen LogP contribution >= 0.6 is 0 Å².